The van der Waals surface area contributed by atoms with Crippen LogP contribution in [0.2, 0.25) is 0 Å². The summed E-state index contributed by atoms with van der Waals surface area (Å²) in [6, 6.07) is 13.4. The van der Waals surface area contributed by atoms with E-state index in [2.05, 4.69) is 0 Å². The van der Waals surface area contributed by atoms with Crippen LogP contribution in [-0.2, 0) is 17.8 Å². The van der Waals surface area contributed by atoms with Crippen molar-refractivity contribution in [3.05, 3.63) is 59.2 Å². The minimum absolute atomic E-state index is 0. The maximum absolute atomic E-state index is 12.8. The summed E-state index contributed by atoms with van der Waals surface area (Å²) in [4.78, 5) is 14.6. The molecule has 0 radical (unpaired) electrons. The Labute approximate surface area is 142 Å². The molecule has 2 aromatic carbocycles. The fourth-order valence-corrected chi connectivity index (χ4v) is 2.93. The second-order valence-electron chi connectivity index (χ2n) is 5.54. The Bertz CT molecular complexity index is 686. The first-order valence-electron chi connectivity index (χ1n) is 7.48. The normalized spacial score (nSPS) is 13.2. The van der Waals surface area contributed by atoms with E-state index in [1.807, 2.05) is 47.4 Å². The van der Waals surface area contributed by atoms with Crippen LogP contribution in [0.4, 0.5) is 11.4 Å². The molecule has 1 amide bonds. The van der Waals surface area contributed by atoms with Crippen LogP contribution in [0.1, 0.15) is 27.9 Å². The molecule has 0 aliphatic carbocycles. The molecule has 2 N–H and O–H groups in total. The highest BCUT2D eigenvalue weighted by atomic mass is 35.5. The fraction of sp³-hybridized carbons (Fsp3) is 0.278. The Morgan fingerprint density at radius 3 is 2.65 bits per heavy atom. The number of benzene rings is 2. The maximum Gasteiger partial charge on any atom is 0.258 e. The van der Waals surface area contributed by atoms with Crippen LogP contribution in [0, 0.1) is 0 Å². The predicted octanol–water partition coefficient (Wildman–Crippen LogP) is 3.43. The lowest BCUT2D eigenvalue weighted by molar-refractivity contribution is 0.0985. The predicted molar refractivity (Wildman–Crippen MR) is 95.3 cm³/mol. The molecule has 0 atom stereocenters. The van der Waals surface area contributed by atoms with E-state index in [9.17, 15) is 4.79 Å². The van der Waals surface area contributed by atoms with Gasteiger partial charge in [-0.15, -0.1) is 12.4 Å². The van der Waals surface area contributed by atoms with Crippen LogP contribution >= 0.6 is 12.4 Å². The number of amides is 1. The van der Waals surface area contributed by atoms with Crippen molar-refractivity contribution >= 4 is 29.7 Å². The lowest BCUT2D eigenvalue weighted by Crippen LogP contribution is -2.35. The van der Waals surface area contributed by atoms with E-state index in [1.165, 1.54) is 0 Å². The molecule has 3 rings (SSSR count). The number of nitrogen functional groups attached to an aromatic ring is 1. The quantitative estimate of drug-likeness (QED) is 0.876. The highest BCUT2D eigenvalue weighted by Gasteiger charge is 2.24. The van der Waals surface area contributed by atoms with Gasteiger partial charge in [-0.1, -0.05) is 18.2 Å². The van der Waals surface area contributed by atoms with E-state index < -0.39 is 0 Å². The van der Waals surface area contributed by atoms with E-state index in [1.54, 1.807) is 7.11 Å². The summed E-state index contributed by atoms with van der Waals surface area (Å²) in [5.41, 5.74) is 10.6. The van der Waals surface area contributed by atoms with Crippen molar-refractivity contribution in [3.8, 4) is 0 Å². The van der Waals surface area contributed by atoms with Gasteiger partial charge in [0.1, 0.15) is 0 Å². The molecule has 1 heterocycles. The van der Waals surface area contributed by atoms with E-state index in [0.29, 0.717) is 12.2 Å². The number of carbonyl (C=O) groups is 1. The molecular weight excluding hydrogens is 312 g/mol. The number of methoxy groups -OCH3 is 1. The zero-order valence-corrected chi connectivity index (χ0v) is 13.9. The van der Waals surface area contributed by atoms with E-state index >= 15 is 0 Å². The topological polar surface area (TPSA) is 55.6 Å². The van der Waals surface area contributed by atoms with Gasteiger partial charge in [0, 0.05) is 30.6 Å². The van der Waals surface area contributed by atoms with Gasteiger partial charge < -0.3 is 15.4 Å². The number of nitrogens with two attached hydrogens (primary N) is 1. The third kappa shape index (κ3) is 3.49. The van der Waals surface area contributed by atoms with Crippen molar-refractivity contribution in [2.24, 2.45) is 0 Å². The van der Waals surface area contributed by atoms with Crippen LogP contribution in [0.25, 0.3) is 0 Å². The average molecular weight is 333 g/mol. The van der Waals surface area contributed by atoms with Crippen molar-refractivity contribution in [3.63, 3.8) is 0 Å². The molecule has 1 aliphatic heterocycles. The maximum atomic E-state index is 12.8. The molecule has 23 heavy (non-hydrogen) atoms. The first kappa shape index (κ1) is 17.3. The van der Waals surface area contributed by atoms with Gasteiger partial charge in [0.15, 0.2) is 0 Å². The minimum atomic E-state index is 0. The van der Waals surface area contributed by atoms with Gasteiger partial charge in [0.2, 0.25) is 0 Å². The van der Waals surface area contributed by atoms with Crippen molar-refractivity contribution in [2.45, 2.75) is 19.4 Å². The van der Waals surface area contributed by atoms with Crippen molar-refractivity contribution in [1.82, 2.24) is 0 Å². The molecule has 0 saturated carbocycles. The summed E-state index contributed by atoms with van der Waals surface area (Å²) < 4.78 is 5.09. The Balaban J connectivity index is 0.00000192. The number of carbonyl (C=O) groups excluding carboxylic acids is 1. The molecule has 122 valence electrons. The molecule has 0 saturated heterocycles. The first-order valence-corrected chi connectivity index (χ1v) is 7.48. The fourth-order valence-electron chi connectivity index (χ4n) is 2.93. The third-order valence-electron chi connectivity index (χ3n) is 4.04. The number of hydrogen-bond acceptors (Lipinski definition) is 3. The molecule has 0 spiro atoms. The second kappa shape index (κ2) is 7.49. The molecule has 2 aromatic rings. The monoisotopic (exact) mass is 332 g/mol. The Kier molecular flexibility index (Phi) is 5.64. The Hall–Kier alpha value is -2.04. The molecule has 4 nitrogen and oxygen atoms in total. The SMILES string of the molecule is COCc1ccc(C(=O)N2CCCc3c(N)cccc32)cc1.Cl. The number of anilines is 2. The van der Waals surface area contributed by atoms with Crippen LogP contribution in [0.5, 0.6) is 0 Å². The third-order valence-corrected chi connectivity index (χ3v) is 4.04. The molecule has 0 fully saturated rings. The molecule has 0 aromatic heterocycles. The average Bonchev–Trinajstić information content (AvgIpc) is 2.55. The number of fused-ring (bicyclic) bond motifs is 1. The smallest absolute Gasteiger partial charge is 0.258 e. The minimum Gasteiger partial charge on any atom is -0.398 e. The lowest BCUT2D eigenvalue weighted by atomic mass is 9.99. The van der Waals surface area contributed by atoms with E-state index in [-0.39, 0.29) is 18.3 Å². The zero-order valence-electron chi connectivity index (χ0n) is 13.1. The molecule has 5 heteroatoms. The first-order chi connectivity index (χ1) is 10.7. The summed E-state index contributed by atoms with van der Waals surface area (Å²) >= 11 is 0. The van der Waals surface area contributed by atoms with Gasteiger partial charge in [-0.25, -0.2) is 0 Å². The van der Waals surface area contributed by atoms with Gasteiger partial charge in [0.05, 0.1) is 6.61 Å². The van der Waals surface area contributed by atoms with Gasteiger partial charge >= 0.3 is 0 Å². The molecule has 1 aliphatic rings. The van der Waals surface area contributed by atoms with Crippen molar-refractivity contribution in [1.29, 1.82) is 0 Å². The zero-order chi connectivity index (χ0) is 15.5. The second-order valence-corrected chi connectivity index (χ2v) is 5.54. The number of hydrogen-bond donors (Lipinski definition) is 1. The summed E-state index contributed by atoms with van der Waals surface area (Å²) in [7, 11) is 1.66. The Morgan fingerprint density at radius 1 is 1.22 bits per heavy atom. The van der Waals surface area contributed by atoms with E-state index in [0.717, 1.165) is 41.9 Å². The van der Waals surface area contributed by atoms with Crippen molar-refractivity contribution in [2.75, 3.05) is 24.3 Å². The summed E-state index contributed by atoms with van der Waals surface area (Å²) in [6.07, 6.45) is 1.87. The summed E-state index contributed by atoms with van der Waals surface area (Å²) in [6.45, 7) is 1.28. The van der Waals surface area contributed by atoms with Gasteiger partial charge in [-0.2, -0.15) is 0 Å². The largest absolute Gasteiger partial charge is 0.398 e. The van der Waals surface area contributed by atoms with Gasteiger partial charge in [-0.3, -0.25) is 4.79 Å². The molecule has 0 bridgehead atoms. The number of rotatable bonds is 3. The van der Waals surface area contributed by atoms with Crippen LogP contribution in [0.15, 0.2) is 42.5 Å². The van der Waals surface area contributed by atoms with Crippen LogP contribution in [-0.4, -0.2) is 19.6 Å². The van der Waals surface area contributed by atoms with E-state index in [4.69, 9.17) is 10.5 Å². The molecular formula is C18H21ClN2O2. The highest BCUT2D eigenvalue weighted by Crippen LogP contribution is 2.32. The van der Waals surface area contributed by atoms with Gasteiger partial charge in [0.25, 0.3) is 5.91 Å². The van der Waals surface area contributed by atoms with Crippen LogP contribution < -0.4 is 10.6 Å². The number of halogens is 1. The van der Waals surface area contributed by atoms with Crippen LogP contribution in [0.3, 0.4) is 0 Å². The van der Waals surface area contributed by atoms with Gasteiger partial charge in [-0.05, 0) is 48.2 Å². The number of ether oxygens (including phenoxy) is 1. The number of nitrogens with zero attached hydrogens (tertiary/aromatic N) is 1. The molecule has 0 unspecified atom stereocenters. The Morgan fingerprint density at radius 2 is 1.96 bits per heavy atom. The highest BCUT2D eigenvalue weighted by molar-refractivity contribution is 6.07. The summed E-state index contributed by atoms with van der Waals surface area (Å²) in [5, 5.41) is 0. The standard InChI is InChI=1S/C18H20N2O2.ClH/c1-22-12-13-7-9-14(10-8-13)18(21)20-11-3-4-15-16(19)5-2-6-17(15)20;/h2,5-10H,3-4,11-12,19H2,1H3;1H. The lowest BCUT2D eigenvalue weighted by Gasteiger charge is -2.30. The summed E-state index contributed by atoms with van der Waals surface area (Å²) in [5.74, 6) is 0.0236. The van der Waals surface area contributed by atoms with Crippen molar-refractivity contribution < 1.29 is 9.53 Å².